The smallest absolute Gasteiger partial charge is 0.150 e. The lowest BCUT2D eigenvalue weighted by atomic mass is 10.1. The van der Waals surface area contributed by atoms with Gasteiger partial charge in [-0.25, -0.2) is 0 Å². The molecule has 3 heteroatoms. The maximum absolute atomic E-state index is 5.65. The highest BCUT2D eigenvalue weighted by molar-refractivity contribution is 5.54. The predicted molar refractivity (Wildman–Crippen MR) is 45.1 cm³/mol. The SMILES string of the molecule is Cc1c(N)ccc(ON)c1C. The van der Waals surface area contributed by atoms with Crippen LogP contribution < -0.4 is 16.5 Å². The molecule has 1 aromatic rings. The second-order valence-corrected chi connectivity index (χ2v) is 2.52. The van der Waals surface area contributed by atoms with Crippen molar-refractivity contribution in [3.05, 3.63) is 23.3 Å². The third-order valence-corrected chi connectivity index (χ3v) is 1.91. The van der Waals surface area contributed by atoms with Crippen LogP contribution in [0.3, 0.4) is 0 Å². The molecule has 0 aromatic heterocycles. The van der Waals surface area contributed by atoms with E-state index in [0.29, 0.717) is 5.75 Å². The molecule has 1 aromatic carbocycles. The molecule has 0 spiro atoms. The van der Waals surface area contributed by atoms with Crippen molar-refractivity contribution in [3.63, 3.8) is 0 Å². The number of hydrogen-bond acceptors (Lipinski definition) is 3. The molecule has 0 heterocycles. The molecule has 0 saturated carbocycles. The average Bonchev–Trinajstić information content (AvgIpc) is 2.01. The maximum atomic E-state index is 5.65. The van der Waals surface area contributed by atoms with Crippen LogP contribution in [0.15, 0.2) is 12.1 Å². The standard InChI is InChI=1S/C8H12N2O/c1-5-6(2)8(11-10)4-3-7(5)9/h3-4H,9-10H2,1-2H3. The molecule has 0 radical (unpaired) electrons. The van der Waals surface area contributed by atoms with Crippen molar-refractivity contribution in [3.8, 4) is 5.75 Å². The Labute approximate surface area is 65.9 Å². The molecule has 60 valence electrons. The van der Waals surface area contributed by atoms with Crippen molar-refractivity contribution in [2.45, 2.75) is 13.8 Å². The van der Waals surface area contributed by atoms with E-state index >= 15 is 0 Å². The highest BCUT2D eigenvalue weighted by Crippen LogP contribution is 2.24. The largest absolute Gasteiger partial charge is 0.411 e. The summed E-state index contributed by atoms with van der Waals surface area (Å²) in [6.45, 7) is 3.86. The lowest BCUT2D eigenvalue weighted by molar-refractivity contribution is 0.332. The highest BCUT2D eigenvalue weighted by atomic mass is 16.6. The molecule has 0 bridgehead atoms. The normalized spacial score (nSPS) is 9.73. The predicted octanol–water partition coefficient (Wildman–Crippen LogP) is 1.14. The van der Waals surface area contributed by atoms with Crippen molar-refractivity contribution in [1.82, 2.24) is 0 Å². The molecule has 0 saturated heterocycles. The fraction of sp³-hybridized carbons (Fsp3) is 0.250. The van der Waals surface area contributed by atoms with Crippen molar-refractivity contribution >= 4 is 5.69 Å². The Hall–Kier alpha value is -1.22. The van der Waals surface area contributed by atoms with Crippen LogP contribution in [0.1, 0.15) is 11.1 Å². The summed E-state index contributed by atoms with van der Waals surface area (Å²) in [4.78, 5) is 4.63. The third kappa shape index (κ3) is 1.28. The Balaban J connectivity index is 3.25. The van der Waals surface area contributed by atoms with Gasteiger partial charge in [0, 0.05) is 5.69 Å². The summed E-state index contributed by atoms with van der Waals surface area (Å²) >= 11 is 0. The molecule has 0 unspecified atom stereocenters. The van der Waals surface area contributed by atoms with E-state index in [1.54, 1.807) is 12.1 Å². The molecule has 0 atom stereocenters. The van der Waals surface area contributed by atoms with E-state index in [1.807, 2.05) is 13.8 Å². The first-order chi connectivity index (χ1) is 5.16. The van der Waals surface area contributed by atoms with Crippen molar-refractivity contribution in [2.24, 2.45) is 5.90 Å². The Morgan fingerprint density at radius 1 is 1.18 bits per heavy atom. The molecule has 0 aliphatic carbocycles. The van der Waals surface area contributed by atoms with Crippen LogP contribution in [0.2, 0.25) is 0 Å². The van der Waals surface area contributed by atoms with Gasteiger partial charge in [0.05, 0.1) is 0 Å². The first kappa shape index (κ1) is 7.88. The van der Waals surface area contributed by atoms with Gasteiger partial charge in [0.2, 0.25) is 0 Å². The quantitative estimate of drug-likeness (QED) is 0.468. The second-order valence-electron chi connectivity index (χ2n) is 2.52. The summed E-state index contributed by atoms with van der Waals surface area (Å²) in [5, 5.41) is 0. The van der Waals surface area contributed by atoms with Crippen LogP contribution in [-0.4, -0.2) is 0 Å². The topological polar surface area (TPSA) is 61.3 Å². The summed E-state index contributed by atoms with van der Waals surface area (Å²) in [5.41, 5.74) is 8.43. The average molecular weight is 152 g/mol. The molecule has 0 fully saturated rings. The van der Waals surface area contributed by atoms with E-state index in [1.165, 1.54) is 0 Å². The molecule has 1 rings (SSSR count). The second kappa shape index (κ2) is 2.80. The molecule has 0 aliphatic rings. The van der Waals surface area contributed by atoms with E-state index in [0.717, 1.165) is 16.8 Å². The first-order valence-corrected chi connectivity index (χ1v) is 3.39. The van der Waals surface area contributed by atoms with Gasteiger partial charge in [0.25, 0.3) is 0 Å². The number of hydrogen-bond donors (Lipinski definition) is 2. The molecule has 3 nitrogen and oxygen atoms in total. The minimum atomic E-state index is 0.678. The number of anilines is 1. The van der Waals surface area contributed by atoms with E-state index in [9.17, 15) is 0 Å². The number of rotatable bonds is 1. The fourth-order valence-corrected chi connectivity index (χ4v) is 0.944. The Morgan fingerprint density at radius 3 is 2.36 bits per heavy atom. The van der Waals surface area contributed by atoms with E-state index in [2.05, 4.69) is 4.84 Å². The van der Waals surface area contributed by atoms with Gasteiger partial charge in [-0.05, 0) is 37.1 Å². The van der Waals surface area contributed by atoms with Gasteiger partial charge in [-0.15, -0.1) is 0 Å². The van der Waals surface area contributed by atoms with Crippen LogP contribution in [-0.2, 0) is 0 Å². The monoisotopic (exact) mass is 152 g/mol. The van der Waals surface area contributed by atoms with Crippen molar-refractivity contribution in [1.29, 1.82) is 0 Å². The maximum Gasteiger partial charge on any atom is 0.150 e. The van der Waals surface area contributed by atoms with E-state index in [-0.39, 0.29) is 0 Å². The molecular formula is C8H12N2O. The minimum Gasteiger partial charge on any atom is -0.411 e. The lowest BCUT2D eigenvalue weighted by Crippen LogP contribution is -2.05. The van der Waals surface area contributed by atoms with Crippen LogP contribution in [0.25, 0.3) is 0 Å². The summed E-state index contributed by atoms with van der Waals surface area (Å²) < 4.78 is 0. The zero-order valence-electron chi connectivity index (χ0n) is 6.72. The molecular weight excluding hydrogens is 140 g/mol. The Morgan fingerprint density at radius 2 is 1.82 bits per heavy atom. The Kier molecular flexibility index (Phi) is 2.01. The van der Waals surface area contributed by atoms with Crippen LogP contribution in [0.5, 0.6) is 5.75 Å². The first-order valence-electron chi connectivity index (χ1n) is 3.39. The number of nitrogens with two attached hydrogens (primary N) is 2. The zero-order chi connectivity index (χ0) is 8.43. The van der Waals surface area contributed by atoms with Gasteiger partial charge in [-0.1, -0.05) is 0 Å². The van der Waals surface area contributed by atoms with Gasteiger partial charge < -0.3 is 10.6 Å². The summed E-state index contributed by atoms with van der Waals surface area (Å²) in [5.74, 6) is 5.71. The van der Waals surface area contributed by atoms with Crippen molar-refractivity contribution < 1.29 is 4.84 Å². The molecule has 0 amide bonds. The van der Waals surface area contributed by atoms with Crippen LogP contribution in [0.4, 0.5) is 5.69 Å². The zero-order valence-corrected chi connectivity index (χ0v) is 6.72. The minimum absolute atomic E-state index is 0.678. The van der Waals surface area contributed by atoms with Crippen LogP contribution >= 0.6 is 0 Å². The molecule has 0 aliphatic heterocycles. The van der Waals surface area contributed by atoms with Crippen molar-refractivity contribution in [2.75, 3.05) is 5.73 Å². The van der Waals surface area contributed by atoms with Gasteiger partial charge in [-0.2, -0.15) is 5.90 Å². The van der Waals surface area contributed by atoms with Crippen LogP contribution in [0, 0.1) is 13.8 Å². The summed E-state index contributed by atoms with van der Waals surface area (Å²) in [6.07, 6.45) is 0. The third-order valence-electron chi connectivity index (χ3n) is 1.91. The van der Waals surface area contributed by atoms with E-state index in [4.69, 9.17) is 11.6 Å². The summed E-state index contributed by atoms with van der Waals surface area (Å²) in [6, 6.07) is 3.54. The fourth-order valence-electron chi connectivity index (χ4n) is 0.944. The molecule has 4 N–H and O–H groups in total. The van der Waals surface area contributed by atoms with Gasteiger partial charge >= 0.3 is 0 Å². The highest BCUT2D eigenvalue weighted by Gasteiger charge is 2.03. The number of benzene rings is 1. The van der Waals surface area contributed by atoms with Gasteiger partial charge in [0.1, 0.15) is 5.75 Å². The van der Waals surface area contributed by atoms with Gasteiger partial charge in [-0.3, -0.25) is 0 Å². The lowest BCUT2D eigenvalue weighted by Gasteiger charge is -2.07. The summed E-state index contributed by atoms with van der Waals surface area (Å²) in [7, 11) is 0. The van der Waals surface area contributed by atoms with Gasteiger partial charge in [0.15, 0.2) is 0 Å². The Bertz CT molecular complexity index is 271. The molecule has 11 heavy (non-hydrogen) atoms. The van der Waals surface area contributed by atoms with E-state index < -0.39 is 0 Å². The number of nitrogen functional groups attached to an aromatic ring is 1.